The first-order valence-corrected chi connectivity index (χ1v) is 23.4. The summed E-state index contributed by atoms with van der Waals surface area (Å²) < 4.78 is 46.9. The number of amides is 4. The molecule has 4 amide bonds. The van der Waals surface area contributed by atoms with Crippen molar-refractivity contribution in [2.75, 3.05) is 31.6 Å². The number of sulfonamides is 1. The Balaban J connectivity index is 1.11. The summed E-state index contributed by atoms with van der Waals surface area (Å²) in [5, 5.41) is 6.77. The van der Waals surface area contributed by atoms with Crippen LogP contribution in [0.1, 0.15) is 98.3 Å². The summed E-state index contributed by atoms with van der Waals surface area (Å²) in [7, 11) is -1.90. The lowest BCUT2D eigenvalue weighted by Crippen LogP contribution is -2.59. The summed E-state index contributed by atoms with van der Waals surface area (Å²) in [5.41, 5.74) is -0.412. The number of benzene rings is 1. The lowest BCUT2D eigenvalue weighted by atomic mass is 9.88. The van der Waals surface area contributed by atoms with Gasteiger partial charge in [0.25, 0.3) is 5.91 Å². The van der Waals surface area contributed by atoms with Crippen LogP contribution in [0.3, 0.4) is 0 Å². The SMILES string of the molecule is CCC(CC1(C)CC1)OC(=O)NC1C(=O)N2CC(Oc3nccc4c5c(ccc34)N(C)CCO5)CC2C(=O)NC2(C(=O)NS(=O)(=O)C3CC3)CC2C=CCCC(C)CC1C. The fraction of sp³-hybridized carbons (Fsp3) is 0.659. The van der Waals surface area contributed by atoms with Gasteiger partial charge in [-0.3, -0.25) is 19.1 Å². The van der Waals surface area contributed by atoms with Gasteiger partial charge < -0.3 is 34.6 Å². The first kappa shape index (κ1) is 42.1. The Kier molecular flexibility index (Phi) is 11.5. The molecule has 1 aromatic carbocycles. The van der Waals surface area contributed by atoms with E-state index >= 15 is 4.79 Å². The number of nitrogens with one attached hydrogen (secondary N) is 3. The van der Waals surface area contributed by atoms with E-state index < -0.39 is 68.7 Å². The fourth-order valence-corrected chi connectivity index (χ4v) is 10.7. The molecule has 8 rings (SSSR count). The van der Waals surface area contributed by atoms with Gasteiger partial charge in [-0.1, -0.05) is 39.8 Å². The number of allylic oxidation sites excluding steroid dienone is 1. The van der Waals surface area contributed by atoms with E-state index in [1.54, 1.807) is 6.20 Å². The van der Waals surface area contributed by atoms with Crippen LogP contribution in [0, 0.1) is 23.2 Å². The van der Waals surface area contributed by atoms with E-state index in [0.717, 1.165) is 49.1 Å². The zero-order valence-corrected chi connectivity index (χ0v) is 36.2. The lowest BCUT2D eigenvalue weighted by molar-refractivity contribution is -0.142. The van der Waals surface area contributed by atoms with E-state index in [9.17, 15) is 22.8 Å². The van der Waals surface area contributed by atoms with Gasteiger partial charge in [0.15, 0.2) is 5.75 Å². The standard InChI is InChI=1S/C44H60N6O9S/c1-6-29(24-43(4)16-17-43)59-42(54)46-36-27(3)21-26(2)9-7-8-10-28-23-44(28,41(53)48-60(55,56)31-11-12-31)47-38(51)35-22-30(25-50(35)40(36)52)58-39-33-13-14-34-37(32(33)15-18-45-39)57-20-19-49(34)5/h8,10,13-15,18,26-31,35-36H,6-7,9,11-12,16-17,19-25H2,1-5H3,(H,46,54)(H,47,51)(H,48,53). The quantitative estimate of drug-likeness (QED) is 0.274. The Morgan fingerprint density at radius 1 is 1.10 bits per heavy atom. The minimum absolute atomic E-state index is 0.0107. The molecule has 3 N–H and O–H groups in total. The van der Waals surface area contributed by atoms with Gasteiger partial charge in [-0.05, 0) is 99.7 Å². The normalized spacial score (nSPS) is 30.6. The molecule has 8 unspecified atom stereocenters. The van der Waals surface area contributed by atoms with Crippen molar-refractivity contribution in [3.63, 3.8) is 0 Å². The van der Waals surface area contributed by atoms with Crippen LogP contribution in [0.25, 0.3) is 10.8 Å². The molecule has 4 heterocycles. The average molecular weight is 849 g/mol. The maximum Gasteiger partial charge on any atom is 0.408 e. The molecule has 0 bridgehead atoms. The number of rotatable bonds is 10. The molecule has 1 aromatic heterocycles. The number of fused-ring (bicyclic) bond motifs is 5. The summed E-state index contributed by atoms with van der Waals surface area (Å²) in [6.07, 6.45) is 10.7. The van der Waals surface area contributed by atoms with Crippen molar-refractivity contribution in [3.8, 4) is 11.6 Å². The minimum atomic E-state index is -3.91. The Labute approximate surface area is 352 Å². The first-order valence-electron chi connectivity index (χ1n) is 21.8. The third kappa shape index (κ3) is 8.76. The largest absolute Gasteiger partial charge is 0.489 e. The zero-order valence-electron chi connectivity index (χ0n) is 35.4. The van der Waals surface area contributed by atoms with Crippen LogP contribution in [0.5, 0.6) is 11.6 Å². The Morgan fingerprint density at radius 2 is 1.88 bits per heavy atom. The molecule has 60 heavy (non-hydrogen) atoms. The fourth-order valence-electron chi connectivity index (χ4n) is 9.34. The number of likely N-dealkylation sites (N-methyl/N-ethyl adjacent to an activating group) is 1. The maximum absolute atomic E-state index is 15.0. The van der Waals surface area contributed by atoms with Crippen molar-refractivity contribution in [3.05, 3.63) is 36.5 Å². The summed E-state index contributed by atoms with van der Waals surface area (Å²) in [6, 6.07) is 3.60. The van der Waals surface area contributed by atoms with Gasteiger partial charge >= 0.3 is 6.09 Å². The second kappa shape index (κ2) is 16.4. The molecule has 326 valence electrons. The second-order valence-electron chi connectivity index (χ2n) is 18.7. The summed E-state index contributed by atoms with van der Waals surface area (Å²) >= 11 is 0. The number of hydrogen-bond donors (Lipinski definition) is 3. The molecule has 4 fully saturated rings. The summed E-state index contributed by atoms with van der Waals surface area (Å²) in [5.74, 6) is -1.42. The molecule has 16 heteroatoms. The van der Waals surface area contributed by atoms with Gasteiger partial charge in [-0.2, -0.15) is 0 Å². The van der Waals surface area contributed by atoms with Crippen LogP contribution in [-0.2, 0) is 29.1 Å². The smallest absolute Gasteiger partial charge is 0.408 e. The summed E-state index contributed by atoms with van der Waals surface area (Å²) in [4.78, 5) is 65.4. The highest BCUT2D eigenvalue weighted by Crippen LogP contribution is 2.50. The molecular weight excluding hydrogens is 789 g/mol. The average Bonchev–Trinajstić information content (AvgIpc) is 4.15. The van der Waals surface area contributed by atoms with E-state index in [0.29, 0.717) is 50.0 Å². The van der Waals surface area contributed by atoms with Crippen LogP contribution in [-0.4, -0.2) is 104 Å². The summed E-state index contributed by atoms with van der Waals surface area (Å²) in [6.45, 7) is 9.48. The number of pyridine rings is 1. The molecular formula is C44H60N6O9S. The van der Waals surface area contributed by atoms with Crippen molar-refractivity contribution >= 4 is 50.3 Å². The van der Waals surface area contributed by atoms with Crippen LogP contribution >= 0.6 is 0 Å². The van der Waals surface area contributed by atoms with Crippen molar-refractivity contribution < 1.29 is 41.8 Å². The molecule has 0 spiro atoms. The molecule has 15 nitrogen and oxygen atoms in total. The highest BCUT2D eigenvalue weighted by atomic mass is 32.2. The van der Waals surface area contributed by atoms with Gasteiger partial charge in [0, 0.05) is 36.4 Å². The first-order chi connectivity index (χ1) is 28.6. The van der Waals surface area contributed by atoms with Crippen LogP contribution in [0.15, 0.2) is 36.5 Å². The third-order valence-electron chi connectivity index (χ3n) is 13.6. The molecule has 0 radical (unpaired) electrons. The van der Waals surface area contributed by atoms with E-state index in [-0.39, 0.29) is 42.7 Å². The van der Waals surface area contributed by atoms with Gasteiger partial charge in [0.05, 0.1) is 24.0 Å². The van der Waals surface area contributed by atoms with E-state index in [1.165, 1.54) is 4.90 Å². The molecule has 3 aliphatic carbocycles. The predicted octanol–water partition coefficient (Wildman–Crippen LogP) is 4.97. The topological polar surface area (TPSA) is 186 Å². The highest BCUT2D eigenvalue weighted by molar-refractivity contribution is 7.91. The third-order valence-corrected chi connectivity index (χ3v) is 15.5. The number of hydrogen-bond acceptors (Lipinski definition) is 11. The second-order valence-corrected chi connectivity index (χ2v) is 20.7. The van der Waals surface area contributed by atoms with Crippen LogP contribution in [0.2, 0.25) is 0 Å². The number of nitrogens with zero attached hydrogens (tertiary/aromatic N) is 3. The Morgan fingerprint density at radius 3 is 2.62 bits per heavy atom. The Hall–Kier alpha value is -4.60. The zero-order chi connectivity index (χ0) is 42.6. The number of anilines is 1. The van der Waals surface area contributed by atoms with Gasteiger partial charge in [-0.15, -0.1) is 0 Å². The van der Waals surface area contributed by atoms with Crippen molar-refractivity contribution in [1.82, 2.24) is 25.2 Å². The maximum atomic E-state index is 15.0. The number of carbonyl (C=O) groups is 4. The molecule has 6 aliphatic rings. The minimum Gasteiger partial charge on any atom is -0.489 e. The van der Waals surface area contributed by atoms with Crippen LogP contribution in [0.4, 0.5) is 10.5 Å². The molecule has 2 aromatic rings. The Bertz CT molecular complexity index is 2160. The van der Waals surface area contributed by atoms with E-state index in [1.807, 2.05) is 51.2 Å². The van der Waals surface area contributed by atoms with Gasteiger partial charge in [0.1, 0.15) is 36.4 Å². The molecule has 1 saturated heterocycles. The predicted molar refractivity (Wildman–Crippen MR) is 225 cm³/mol. The van der Waals surface area contributed by atoms with Crippen molar-refractivity contribution in [2.45, 2.75) is 133 Å². The monoisotopic (exact) mass is 848 g/mol. The van der Waals surface area contributed by atoms with Crippen LogP contribution < -0.4 is 29.7 Å². The van der Waals surface area contributed by atoms with Crippen molar-refractivity contribution in [1.29, 1.82) is 0 Å². The molecule has 8 atom stereocenters. The number of carbonyl (C=O) groups excluding carboxylic acids is 4. The number of alkyl carbamates (subject to hydrolysis) is 1. The van der Waals surface area contributed by atoms with Crippen molar-refractivity contribution in [2.24, 2.45) is 23.2 Å². The molecule has 3 saturated carbocycles. The van der Waals surface area contributed by atoms with E-state index in [4.69, 9.17) is 14.2 Å². The van der Waals surface area contributed by atoms with Gasteiger partial charge in [-0.25, -0.2) is 18.2 Å². The number of ether oxygens (including phenoxy) is 3. The number of aromatic nitrogens is 1. The lowest BCUT2D eigenvalue weighted by Gasteiger charge is -2.33. The molecule has 3 aliphatic heterocycles. The van der Waals surface area contributed by atoms with E-state index in [2.05, 4.69) is 39.1 Å². The highest BCUT2D eigenvalue weighted by Gasteiger charge is 2.62. The van der Waals surface area contributed by atoms with Gasteiger partial charge in [0.2, 0.25) is 27.7 Å².